The molecule has 1 amide bonds. The van der Waals surface area contributed by atoms with Gasteiger partial charge in [0.2, 0.25) is 11.9 Å². The molecule has 154 valence electrons. The molecule has 1 aliphatic rings. The van der Waals surface area contributed by atoms with Crippen molar-refractivity contribution in [1.29, 1.82) is 0 Å². The van der Waals surface area contributed by atoms with Gasteiger partial charge in [0.15, 0.2) is 0 Å². The summed E-state index contributed by atoms with van der Waals surface area (Å²) in [5, 5.41) is 3.79. The Morgan fingerprint density at radius 1 is 1.17 bits per heavy atom. The topological polar surface area (TPSA) is 80.2 Å². The van der Waals surface area contributed by atoms with Crippen LogP contribution in [0.25, 0.3) is 0 Å². The number of morpholine rings is 1. The van der Waals surface area contributed by atoms with Crippen LogP contribution < -0.4 is 5.32 Å². The van der Waals surface area contributed by atoms with Gasteiger partial charge >= 0.3 is 0 Å². The number of halogens is 1. The molecular formula is C22H22ClN5O2. The van der Waals surface area contributed by atoms with E-state index >= 15 is 0 Å². The molecule has 0 bridgehead atoms. The molecule has 7 nitrogen and oxygen atoms in total. The molecule has 0 saturated carbocycles. The number of nitrogens with one attached hydrogen (secondary N) is 1. The Balaban J connectivity index is 1.33. The van der Waals surface area contributed by atoms with Crippen molar-refractivity contribution in [3.63, 3.8) is 0 Å². The lowest BCUT2D eigenvalue weighted by molar-refractivity contribution is -0.139. The number of nitrogens with zero attached hydrogens (tertiary/aromatic N) is 4. The number of hydrogen-bond acceptors (Lipinski definition) is 6. The lowest BCUT2D eigenvalue weighted by Crippen LogP contribution is -2.42. The van der Waals surface area contributed by atoms with Gasteiger partial charge in [-0.3, -0.25) is 9.78 Å². The summed E-state index contributed by atoms with van der Waals surface area (Å²) in [7, 11) is 0. The molecule has 30 heavy (non-hydrogen) atoms. The number of rotatable bonds is 6. The summed E-state index contributed by atoms with van der Waals surface area (Å²) in [6.07, 6.45) is 5.93. The Morgan fingerprint density at radius 3 is 2.80 bits per heavy atom. The number of pyridine rings is 1. The van der Waals surface area contributed by atoms with Gasteiger partial charge in [0, 0.05) is 30.4 Å². The normalized spacial score (nSPS) is 16.3. The third-order valence-electron chi connectivity index (χ3n) is 4.87. The predicted molar refractivity (Wildman–Crippen MR) is 115 cm³/mol. The smallest absolute Gasteiger partial charge is 0.227 e. The largest absolute Gasteiger partial charge is 0.368 e. The molecular weight excluding hydrogens is 402 g/mol. The number of aryl methyl sites for hydroxylation is 1. The molecule has 1 aromatic carbocycles. The van der Waals surface area contributed by atoms with Crippen molar-refractivity contribution in [3.8, 4) is 0 Å². The molecule has 3 heterocycles. The SMILES string of the molecule is O=C(CCc1cccc(Cl)c1)N1CCO[C@@H](c2ccc(Nc3ncccn3)cn2)C1. The zero-order valence-corrected chi connectivity index (χ0v) is 17.1. The first-order chi connectivity index (χ1) is 14.7. The molecule has 1 aliphatic heterocycles. The summed E-state index contributed by atoms with van der Waals surface area (Å²) < 4.78 is 5.86. The number of anilines is 2. The van der Waals surface area contributed by atoms with Crippen LogP contribution in [0.15, 0.2) is 61.1 Å². The Kier molecular flexibility index (Phi) is 6.51. The van der Waals surface area contributed by atoms with Gasteiger partial charge in [0.05, 0.1) is 30.7 Å². The predicted octanol–water partition coefficient (Wildman–Crippen LogP) is 3.80. The first-order valence-corrected chi connectivity index (χ1v) is 10.2. The third-order valence-corrected chi connectivity index (χ3v) is 5.11. The number of benzene rings is 1. The van der Waals surface area contributed by atoms with Gasteiger partial charge in [-0.05, 0) is 42.3 Å². The second kappa shape index (κ2) is 9.65. The Bertz CT molecular complexity index is 984. The van der Waals surface area contributed by atoms with Crippen LogP contribution in [-0.2, 0) is 16.0 Å². The van der Waals surface area contributed by atoms with Crippen molar-refractivity contribution >= 4 is 29.1 Å². The monoisotopic (exact) mass is 423 g/mol. The fourth-order valence-corrected chi connectivity index (χ4v) is 3.53. The average Bonchev–Trinajstić information content (AvgIpc) is 2.79. The van der Waals surface area contributed by atoms with Gasteiger partial charge in [-0.2, -0.15) is 0 Å². The Hall–Kier alpha value is -3.03. The molecule has 2 aromatic heterocycles. The van der Waals surface area contributed by atoms with E-state index in [1.165, 1.54) is 0 Å². The van der Waals surface area contributed by atoms with Crippen LogP contribution in [0, 0.1) is 0 Å². The van der Waals surface area contributed by atoms with Crippen LogP contribution in [-0.4, -0.2) is 45.5 Å². The highest BCUT2D eigenvalue weighted by Gasteiger charge is 2.26. The third kappa shape index (κ3) is 5.31. The fourth-order valence-electron chi connectivity index (χ4n) is 3.32. The average molecular weight is 424 g/mol. The van der Waals surface area contributed by atoms with Crippen molar-refractivity contribution in [3.05, 3.63) is 77.3 Å². The van der Waals surface area contributed by atoms with Crippen LogP contribution >= 0.6 is 11.6 Å². The zero-order chi connectivity index (χ0) is 20.8. The lowest BCUT2D eigenvalue weighted by atomic mass is 10.1. The minimum Gasteiger partial charge on any atom is -0.368 e. The Labute approximate surface area is 180 Å². The second-order valence-electron chi connectivity index (χ2n) is 7.00. The number of carbonyl (C=O) groups is 1. The van der Waals surface area contributed by atoms with Crippen LogP contribution in [0.1, 0.15) is 23.8 Å². The highest BCUT2D eigenvalue weighted by molar-refractivity contribution is 6.30. The zero-order valence-electron chi connectivity index (χ0n) is 16.4. The molecule has 1 atom stereocenters. The molecule has 0 unspecified atom stereocenters. The first kappa shape index (κ1) is 20.3. The molecule has 0 aliphatic carbocycles. The summed E-state index contributed by atoms with van der Waals surface area (Å²) in [4.78, 5) is 27.3. The van der Waals surface area contributed by atoms with E-state index in [1.807, 2.05) is 41.3 Å². The first-order valence-electron chi connectivity index (χ1n) is 9.81. The van der Waals surface area contributed by atoms with E-state index in [1.54, 1.807) is 24.7 Å². The van der Waals surface area contributed by atoms with E-state index in [0.717, 1.165) is 16.9 Å². The van der Waals surface area contributed by atoms with E-state index in [4.69, 9.17) is 16.3 Å². The highest BCUT2D eigenvalue weighted by atomic mass is 35.5. The number of ether oxygens (including phenoxy) is 1. The van der Waals surface area contributed by atoms with Gasteiger partial charge in [0.25, 0.3) is 0 Å². The minimum atomic E-state index is -0.240. The van der Waals surface area contributed by atoms with Gasteiger partial charge in [-0.25, -0.2) is 9.97 Å². The quantitative estimate of drug-likeness (QED) is 0.649. The highest BCUT2D eigenvalue weighted by Crippen LogP contribution is 2.23. The number of hydrogen-bond donors (Lipinski definition) is 1. The van der Waals surface area contributed by atoms with Crippen molar-refractivity contribution in [2.24, 2.45) is 0 Å². The van der Waals surface area contributed by atoms with E-state index < -0.39 is 0 Å². The summed E-state index contributed by atoms with van der Waals surface area (Å²) in [5.41, 5.74) is 2.64. The van der Waals surface area contributed by atoms with Crippen molar-refractivity contribution in [1.82, 2.24) is 19.9 Å². The van der Waals surface area contributed by atoms with Crippen molar-refractivity contribution in [2.75, 3.05) is 25.0 Å². The van der Waals surface area contributed by atoms with Gasteiger partial charge in [-0.1, -0.05) is 23.7 Å². The second-order valence-corrected chi connectivity index (χ2v) is 7.43. The number of carbonyl (C=O) groups excluding carboxylic acids is 1. The molecule has 1 fully saturated rings. The summed E-state index contributed by atoms with van der Waals surface area (Å²) >= 11 is 6.02. The van der Waals surface area contributed by atoms with E-state index in [-0.39, 0.29) is 12.0 Å². The molecule has 0 radical (unpaired) electrons. The van der Waals surface area contributed by atoms with Crippen molar-refractivity contribution < 1.29 is 9.53 Å². The number of amides is 1. The molecule has 0 spiro atoms. The van der Waals surface area contributed by atoms with Crippen LogP contribution in [0.3, 0.4) is 0 Å². The molecule has 1 N–H and O–H groups in total. The maximum atomic E-state index is 12.7. The summed E-state index contributed by atoms with van der Waals surface area (Å²) in [5.74, 6) is 0.625. The van der Waals surface area contributed by atoms with Crippen molar-refractivity contribution in [2.45, 2.75) is 18.9 Å². The van der Waals surface area contributed by atoms with Gasteiger partial charge in [0.1, 0.15) is 6.10 Å². The maximum absolute atomic E-state index is 12.7. The molecule has 8 heteroatoms. The maximum Gasteiger partial charge on any atom is 0.227 e. The van der Waals surface area contributed by atoms with Gasteiger partial charge < -0.3 is 15.0 Å². The van der Waals surface area contributed by atoms with Crippen LogP contribution in [0.5, 0.6) is 0 Å². The van der Waals surface area contributed by atoms with E-state index in [2.05, 4.69) is 20.3 Å². The lowest BCUT2D eigenvalue weighted by Gasteiger charge is -2.32. The fraction of sp³-hybridized carbons (Fsp3) is 0.273. The summed E-state index contributed by atoms with van der Waals surface area (Å²) in [6.45, 7) is 1.58. The van der Waals surface area contributed by atoms with Crippen LogP contribution in [0.2, 0.25) is 5.02 Å². The Morgan fingerprint density at radius 2 is 2.03 bits per heavy atom. The standard InChI is InChI=1S/C22H22ClN5O2/c23-17-4-1-3-16(13-17)5-8-21(29)28-11-12-30-20(15-28)19-7-6-18(14-26-19)27-22-24-9-2-10-25-22/h1-4,6-7,9-10,13-14,20H,5,8,11-12,15H2,(H,24,25,27)/t20-/m1/s1. The summed E-state index contributed by atoms with van der Waals surface area (Å²) in [6, 6.07) is 13.2. The minimum absolute atomic E-state index is 0.114. The number of aromatic nitrogens is 3. The van der Waals surface area contributed by atoms with Crippen LogP contribution in [0.4, 0.5) is 11.6 Å². The molecule has 4 rings (SSSR count). The van der Waals surface area contributed by atoms with E-state index in [9.17, 15) is 4.79 Å². The molecule has 1 saturated heterocycles. The molecule has 3 aromatic rings. The van der Waals surface area contributed by atoms with E-state index in [0.29, 0.717) is 43.5 Å². The van der Waals surface area contributed by atoms with Gasteiger partial charge in [-0.15, -0.1) is 0 Å².